The lowest BCUT2D eigenvalue weighted by molar-refractivity contribution is -0.139. The number of carbonyl (C=O) groups is 2. The Morgan fingerprint density at radius 1 is 1.13 bits per heavy atom. The number of hydrogen-bond acceptors (Lipinski definition) is 5. The summed E-state index contributed by atoms with van der Waals surface area (Å²) in [5, 5.41) is 17.3. The van der Waals surface area contributed by atoms with Gasteiger partial charge in [-0.3, -0.25) is 19.5 Å². The summed E-state index contributed by atoms with van der Waals surface area (Å²) >= 11 is 0. The van der Waals surface area contributed by atoms with E-state index in [0.29, 0.717) is 37.9 Å². The second-order valence-corrected chi connectivity index (χ2v) is 8.10. The van der Waals surface area contributed by atoms with Gasteiger partial charge in [-0.1, -0.05) is 12.8 Å². The monoisotopic (exact) mass is 406 g/mol. The van der Waals surface area contributed by atoms with Gasteiger partial charge < -0.3 is 10.2 Å². The zero-order chi connectivity index (χ0) is 20.7. The molecule has 1 fully saturated rings. The van der Waals surface area contributed by atoms with Crippen LogP contribution in [0.15, 0.2) is 35.3 Å². The van der Waals surface area contributed by atoms with E-state index in [4.69, 9.17) is 0 Å². The van der Waals surface area contributed by atoms with E-state index in [-0.39, 0.29) is 17.4 Å². The quantitative estimate of drug-likeness (QED) is 0.604. The first kappa shape index (κ1) is 18.5. The number of fused-ring (bicyclic) bond motifs is 2. The van der Waals surface area contributed by atoms with Gasteiger partial charge in [0.25, 0.3) is 11.5 Å². The maximum atomic E-state index is 13.5. The molecule has 0 unspecified atom stereocenters. The van der Waals surface area contributed by atoms with Crippen LogP contribution in [0.3, 0.4) is 0 Å². The van der Waals surface area contributed by atoms with E-state index in [9.17, 15) is 14.4 Å². The smallest absolute Gasteiger partial charge is 0.264 e. The standard InChI is InChI=1S/C21H22N6O3/c28-18-10-15-12-27(8-5-17(15)25-26-18)20(30)21(6-1-2-7-21)23-19(29)13-3-4-16-14(9-13)11-22-24-16/h3-4,9-11H,1-2,5-8,12H2,(H,22,24)(H,23,29)(H,26,28). The molecule has 30 heavy (non-hydrogen) atoms. The summed E-state index contributed by atoms with van der Waals surface area (Å²) in [7, 11) is 0. The summed E-state index contributed by atoms with van der Waals surface area (Å²) in [5.74, 6) is -0.340. The summed E-state index contributed by atoms with van der Waals surface area (Å²) in [5.41, 5.74) is 1.76. The molecule has 2 aromatic heterocycles. The molecule has 0 atom stereocenters. The minimum absolute atomic E-state index is 0.0799. The maximum absolute atomic E-state index is 13.5. The summed E-state index contributed by atoms with van der Waals surface area (Å²) < 4.78 is 0. The highest BCUT2D eigenvalue weighted by Gasteiger charge is 2.45. The lowest BCUT2D eigenvalue weighted by Gasteiger charge is -2.37. The predicted molar refractivity (Wildman–Crippen MR) is 109 cm³/mol. The zero-order valence-electron chi connectivity index (χ0n) is 16.4. The van der Waals surface area contributed by atoms with Crippen molar-refractivity contribution in [3.63, 3.8) is 0 Å². The Morgan fingerprint density at radius 2 is 1.97 bits per heavy atom. The van der Waals surface area contributed by atoms with Gasteiger partial charge in [-0.25, -0.2) is 5.10 Å². The van der Waals surface area contributed by atoms with Crippen molar-refractivity contribution in [2.75, 3.05) is 6.54 Å². The fourth-order valence-corrected chi connectivity index (χ4v) is 4.57. The molecule has 2 aliphatic rings. The van der Waals surface area contributed by atoms with Gasteiger partial charge in [0.15, 0.2) is 0 Å². The van der Waals surface area contributed by atoms with Crippen molar-refractivity contribution >= 4 is 22.7 Å². The van der Waals surface area contributed by atoms with Crippen LogP contribution in [0.1, 0.15) is 47.3 Å². The molecule has 0 spiro atoms. The first-order valence-electron chi connectivity index (χ1n) is 10.2. The molecule has 3 aromatic rings. The van der Waals surface area contributed by atoms with Crippen molar-refractivity contribution < 1.29 is 9.59 Å². The number of benzene rings is 1. The number of nitrogens with zero attached hydrogens (tertiary/aromatic N) is 3. The van der Waals surface area contributed by atoms with Crippen molar-refractivity contribution in [3.05, 3.63) is 57.6 Å². The van der Waals surface area contributed by atoms with Crippen molar-refractivity contribution in [2.24, 2.45) is 0 Å². The third kappa shape index (κ3) is 3.16. The van der Waals surface area contributed by atoms with E-state index in [1.54, 1.807) is 23.2 Å². The topological polar surface area (TPSA) is 124 Å². The average molecular weight is 406 g/mol. The Kier molecular flexibility index (Phi) is 4.38. The molecule has 1 aliphatic heterocycles. The molecule has 1 aliphatic carbocycles. The second kappa shape index (κ2) is 7.08. The fraction of sp³-hybridized carbons (Fsp3) is 0.381. The third-order valence-corrected chi connectivity index (χ3v) is 6.17. The molecule has 0 radical (unpaired) electrons. The Hall–Kier alpha value is -3.49. The molecule has 1 saturated carbocycles. The van der Waals surface area contributed by atoms with Gasteiger partial charge in [0.05, 0.1) is 17.4 Å². The molecule has 3 heterocycles. The SMILES string of the molecule is O=C(NC1(C(=O)N2CCc3n[nH]c(=O)cc3C2)CCCC1)c1ccc2[nH]ncc2c1. The third-order valence-electron chi connectivity index (χ3n) is 6.17. The minimum Gasteiger partial charge on any atom is -0.338 e. The van der Waals surface area contributed by atoms with Crippen LogP contribution in [-0.4, -0.2) is 49.2 Å². The molecule has 0 saturated heterocycles. The molecule has 9 nitrogen and oxygen atoms in total. The van der Waals surface area contributed by atoms with Gasteiger partial charge >= 0.3 is 0 Å². The average Bonchev–Trinajstić information content (AvgIpc) is 3.42. The fourth-order valence-electron chi connectivity index (χ4n) is 4.57. The molecule has 154 valence electrons. The Labute approximate surface area is 171 Å². The number of rotatable bonds is 3. The Morgan fingerprint density at radius 3 is 2.80 bits per heavy atom. The van der Waals surface area contributed by atoms with Gasteiger partial charge in [-0.2, -0.15) is 10.2 Å². The van der Waals surface area contributed by atoms with Gasteiger partial charge in [-0.15, -0.1) is 0 Å². The van der Waals surface area contributed by atoms with Crippen LogP contribution in [-0.2, 0) is 17.8 Å². The molecular weight excluding hydrogens is 384 g/mol. The molecule has 5 rings (SSSR count). The van der Waals surface area contributed by atoms with E-state index in [2.05, 4.69) is 25.7 Å². The summed E-state index contributed by atoms with van der Waals surface area (Å²) in [6.45, 7) is 0.854. The van der Waals surface area contributed by atoms with Gasteiger partial charge in [0.1, 0.15) is 5.54 Å². The molecular formula is C21H22N6O3. The normalized spacial score (nSPS) is 17.7. The lowest BCUT2D eigenvalue weighted by Crippen LogP contribution is -2.58. The highest BCUT2D eigenvalue weighted by Crippen LogP contribution is 2.33. The van der Waals surface area contributed by atoms with Gasteiger partial charge in [0, 0.05) is 42.1 Å². The van der Waals surface area contributed by atoms with Gasteiger partial charge in [0.2, 0.25) is 5.91 Å². The first-order valence-corrected chi connectivity index (χ1v) is 10.2. The number of carbonyl (C=O) groups excluding carboxylic acids is 2. The Balaban J connectivity index is 1.39. The number of hydrogen-bond donors (Lipinski definition) is 3. The van der Waals surface area contributed by atoms with Crippen LogP contribution >= 0.6 is 0 Å². The van der Waals surface area contributed by atoms with E-state index in [1.807, 2.05) is 6.07 Å². The van der Waals surface area contributed by atoms with E-state index >= 15 is 0 Å². The van der Waals surface area contributed by atoms with Crippen LogP contribution in [0.2, 0.25) is 0 Å². The van der Waals surface area contributed by atoms with Crippen molar-refractivity contribution in [2.45, 2.75) is 44.2 Å². The van der Waals surface area contributed by atoms with E-state index in [1.165, 1.54) is 6.07 Å². The molecule has 9 heteroatoms. The minimum atomic E-state index is -0.908. The van der Waals surface area contributed by atoms with E-state index in [0.717, 1.165) is 35.0 Å². The van der Waals surface area contributed by atoms with Crippen LogP contribution in [0.4, 0.5) is 0 Å². The van der Waals surface area contributed by atoms with Crippen molar-refractivity contribution in [1.82, 2.24) is 30.6 Å². The summed E-state index contributed by atoms with van der Waals surface area (Å²) in [6, 6.07) is 6.82. The lowest BCUT2D eigenvalue weighted by atomic mass is 9.93. The number of H-pyrrole nitrogens is 2. The Bertz CT molecular complexity index is 1190. The summed E-state index contributed by atoms with van der Waals surface area (Å²) in [6.07, 6.45) is 5.25. The maximum Gasteiger partial charge on any atom is 0.264 e. The summed E-state index contributed by atoms with van der Waals surface area (Å²) in [4.78, 5) is 40.0. The van der Waals surface area contributed by atoms with Crippen LogP contribution in [0, 0.1) is 0 Å². The number of aromatic amines is 2. The predicted octanol–water partition coefficient (Wildman–Crippen LogP) is 1.27. The van der Waals surface area contributed by atoms with E-state index < -0.39 is 5.54 Å². The van der Waals surface area contributed by atoms with Gasteiger partial charge in [-0.05, 0) is 31.0 Å². The first-order chi connectivity index (χ1) is 14.5. The second-order valence-electron chi connectivity index (χ2n) is 8.10. The molecule has 2 amide bonds. The molecule has 3 N–H and O–H groups in total. The highest BCUT2D eigenvalue weighted by atomic mass is 16.2. The number of nitrogens with one attached hydrogen (secondary N) is 3. The number of amides is 2. The van der Waals surface area contributed by atoms with Crippen LogP contribution < -0.4 is 10.9 Å². The van der Waals surface area contributed by atoms with Crippen molar-refractivity contribution in [3.8, 4) is 0 Å². The largest absolute Gasteiger partial charge is 0.338 e. The van der Waals surface area contributed by atoms with Crippen LogP contribution in [0.25, 0.3) is 10.9 Å². The zero-order valence-corrected chi connectivity index (χ0v) is 16.4. The van der Waals surface area contributed by atoms with Crippen LogP contribution in [0.5, 0.6) is 0 Å². The van der Waals surface area contributed by atoms with Crippen molar-refractivity contribution in [1.29, 1.82) is 0 Å². The number of aromatic nitrogens is 4. The highest BCUT2D eigenvalue weighted by molar-refractivity contribution is 6.01. The molecule has 1 aromatic carbocycles. The molecule has 0 bridgehead atoms.